The molecule has 16 heavy (non-hydrogen) atoms. The first-order valence-corrected chi connectivity index (χ1v) is 5.43. The van der Waals surface area contributed by atoms with Gasteiger partial charge in [-0.05, 0) is 24.3 Å². The van der Waals surface area contributed by atoms with Crippen molar-refractivity contribution in [2.45, 2.75) is 0 Å². The Hall–Kier alpha value is -1.88. The van der Waals surface area contributed by atoms with Crippen LogP contribution in [0.4, 0.5) is 0 Å². The van der Waals surface area contributed by atoms with Crippen molar-refractivity contribution in [1.82, 2.24) is 4.98 Å². The number of fused-ring (bicyclic) bond motifs is 1. The molecule has 4 nitrogen and oxygen atoms in total. The average Bonchev–Trinajstić information content (AvgIpc) is 2.67. The largest absolute Gasteiger partial charge is 0.497 e. The van der Waals surface area contributed by atoms with E-state index in [0.29, 0.717) is 0 Å². The molecule has 0 aliphatic rings. The average molecular weight is 234 g/mol. The van der Waals surface area contributed by atoms with Gasteiger partial charge in [-0.2, -0.15) is 0 Å². The molecule has 0 radical (unpaired) electrons. The number of thiazole rings is 1. The van der Waals surface area contributed by atoms with Gasteiger partial charge in [0.2, 0.25) is 5.91 Å². The quantitative estimate of drug-likeness (QED) is 0.823. The smallest absolute Gasteiger partial charge is 0.241 e. The fraction of sp³-hybridized carbons (Fsp3) is 0.0909. The second kappa shape index (κ2) is 4.32. The molecule has 82 valence electrons. The van der Waals surface area contributed by atoms with Crippen molar-refractivity contribution in [3.63, 3.8) is 0 Å². The summed E-state index contributed by atoms with van der Waals surface area (Å²) in [5, 5.41) is 0.752. The van der Waals surface area contributed by atoms with E-state index in [1.807, 2.05) is 18.2 Å². The van der Waals surface area contributed by atoms with Gasteiger partial charge < -0.3 is 10.5 Å². The number of aromatic nitrogens is 1. The van der Waals surface area contributed by atoms with E-state index in [1.54, 1.807) is 13.2 Å². The number of nitrogens with zero attached hydrogens (tertiary/aromatic N) is 1. The molecule has 0 bridgehead atoms. The van der Waals surface area contributed by atoms with Crippen molar-refractivity contribution in [2.24, 2.45) is 5.73 Å². The molecule has 1 amide bonds. The van der Waals surface area contributed by atoms with Gasteiger partial charge in [0.15, 0.2) is 0 Å². The summed E-state index contributed by atoms with van der Waals surface area (Å²) in [4.78, 5) is 14.9. The lowest BCUT2D eigenvalue weighted by Crippen LogP contribution is -2.04. The second-order valence-corrected chi connectivity index (χ2v) is 4.18. The summed E-state index contributed by atoms with van der Waals surface area (Å²) >= 11 is 1.48. The zero-order chi connectivity index (χ0) is 11.5. The van der Waals surface area contributed by atoms with Gasteiger partial charge in [-0.1, -0.05) is 0 Å². The number of ether oxygens (including phenoxy) is 1. The van der Waals surface area contributed by atoms with Gasteiger partial charge in [-0.15, -0.1) is 11.3 Å². The third kappa shape index (κ3) is 2.20. The van der Waals surface area contributed by atoms with Crippen LogP contribution in [0.15, 0.2) is 24.3 Å². The zero-order valence-electron chi connectivity index (χ0n) is 8.64. The van der Waals surface area contributed by atoms with Crippen molar-refractivity contribution in [3.05, 3.63) is 29.3 Å². The fourth-order valence-corrected chi connectivity index (χ4v) is 2.17. The van der Waals surface area contributed by atoms with E-state index in [1.165, 1.54) is 17.4 Å². The Balaban J connectivity index is 2.40. The summed E-state index contributed by atoms with van der Waals surface area (Å²) in [7, 11) is 1.62. The molecule has 2 aromatic rings. The minimum atomic E-state index is -0.475. The first-order valence-electron chi connectivity index (χ1n) is 4.61. The summed E-state index contributed by atoms with van der Waals surface area (Å²) < 4.78 is 6.13. The molecule has 1 heterocycles. The topological polar surface area (TPSA) is 65.2 Å². The Morgan fingerprint density at radius 3 is 3.06 bits per heavy atom. The van der Waals surface area contributed by atoms with Crippen LogP contribution in [-0.2, 0) is 4.79 Å². The van der Waals surface area contributed by atoms with Crippen molar-refractivity contribution < 1.29 is 9.53 Å². The molecule has 0 unspecified atom stereocenters. The molecule has 0 aliphatic carbocycles. The molecule has 0 saturated heterocycles. The van der Waals surface area contributed by atoms with Crippen LogP contribution < -0.4 is 10.5 Å². The van der Waals surface area contributed by atoms with Crippen LogP contribution in [0.5, 0.6) is 5.75 Å². The Kier molecular flexibility index (Phi) is 2.87. The van der Waals surface area contributed by atoms with Crippen molar-refractivity contribution in [2.75, 3.05) is 7.11 Å². The van der Waals surface area contributed by atoms with E-state index in [-0.39, 0.29) is 0 Å². The third-order valence-electron chi connectivity index (χ3n) is 2.00. The van der Waals surface area contributed by atoms with E-state index in [2.05, 4.69) is 4.98 Å². The molecule has 2 rings (SSSR count). The maximum Gasteiger partial charge on any atom is 0.241 e. The predicted octanol–water partition coefficient (Wildman–Crippen LogP) is 1.80. The van der Waals surface area contributed by atoms with Gasteiger partial charge in [0.05, 0.1) is 17.3 Å². The summed E-state index contributed by atoms with van der Waals surface area (Å²) in [5.74, 6) is 0.318. The number of benzene rings is 1. The molecule has 5 heteroatoms. The van der Waals surface area contributed by atoms with E-state index in [4.69, 9.17) is 10.5 Å². The Morgan fingerprint density at radius 1 is 1.56 bits per heavy atom. The van der Waals surface area contributed by atoms with Crippen LogP contribution in [0.2, 0.25) is 0 Å². The first kappa shape index (κ1) is 10.6. The van der Waals surface area contributed by atoms with Gasteiger partial charge in [0.1, 0.15) is 10.8 Å². The molecule has 2 N–H and O–H groups in total. The van der Waals surface area contributed by atoms with Gasteiger partial charge in [0.25, 0.3) is 0 Å². The van der Waals surface area contributed by atoms with E-state index in [0.717, 1.165) is 21.0 Å². The first-order chi connectivity index (χ1) is 7.69. The molecule has 0 spiro atoms. The highest BCUT2D eigenvalue weighted by Crippen LogP contribution is 2.26. The van der Waals surface area contributed by atoms with Crippen LogP contribution >= 0.6 is 11.3 Å². The van der Waals surface area contributed by atoms with Crippen molar-refractivity contribution in [3.8, 4) is 5.75 Å². The molecule has 0 saturated carbocycles. The number of nitrogens with two attached hydrogens (primary N) is 1. The lowest BCUT2D eigenvalue weighted by molar-refractivity contribution is -0.113. The van der Waals surface area contributed by atoms with Crippen LogP contribution in [-0.4, -0.2) is 18.0 Å². The monoisotopic (exact) mass is 234 g/mol. The third-order valence-corrected chi connectivity index (χ3v) is 2.99. The Morgan fingerprint density at radius 2 is 2.38 bits per heavy atom. The molecule has 1 aromatic heterocycles. The highest BCUT2D eigenvalue weighted by molar-refractivity contribution is 7.19. The number of primary amides is 1. The predicted molar refractivity (Wildman–Crippen MR) is 64.4 cm³/mol. The maximum absolute atomic E-state index is 10.6. The van der Waals surface area contributed by atoms with Crippen molar-refractivity contribution in [1.29, 1.82) is 0 Å². The highest BCUT2D eigenvalue weighted by atomic mass is 32.1. The molecule has 1 aromatic carbocycles. The molecule has 0 fully saturated rings. The van der Waals surface area contributed by atoms with Gasteiger partial charge in [-0.25, -0.2) is 4.98 Å². The van der Waals surface area contributed by atoms with Gasteiger partial charge in [-0.3, -0.25) is 4.79 Å². The summed E-state index contributed by atoms with van der Waals surface area (Å²) in [6, 6.07) is 5.64. The minimum absolute atomic E-state index is 0.475. The number of hydrogen-bond acceptors (Lipinski definition) is 4. The Bertz CT molecular complexity index is 560. The lowest BCUT2D eigenvalue weighted by Gasteiger charge is -1.96. The van der Waals surface area contributed by atoms with Gasteiger partial charge in [0, 0.05) is 6.08 Å². The Labute approximate surface area is 96.4 Å². The number of carbonyl (C=O) groups excluding carboxylic acids is 1. The normalized spacial score (nSPS) is 11.1. The zero-order valence-corrected chi connectivity index (χ0v) is 9.45. The molecular weight excluding hydrogens is 224 g/mol. The number of methoxy groups -OCH3 is 1. The summed E-state index contributed by atoms with van der Waals surface area (Å²) in [5.41, 5.74) is 5.90. The lowest BCUT2D eigenvalue weighted by atomic mass is 10.3. The van der Waals surface area contributed by atoms with E-state index >= 15 is 0 Å². The minimum Gasteiger partial charge on any atom is -0.497 e. The maximum atomic E-state index is 10.6. The van der Waals surface area contributed by atoms with Gasteiger partial charge >= 0.3 is 0 Å². The standard InChI is InChI=1S/C11H10N2O2S/c1-15-7-2-3-8-9(6-7)16-11(13-8)5-4-10(12)14/h2-6H,1H3,(H2,12,14). The van der Waals surface area contributed by atoms with Crippen molar-refractivity contribution >= 4 is 33.5 Å². The number of amides is 1. The van der Waals surface area contributed by atoms with E-state index < -0.39 is 5.91 Å². The van der Waals surface area contributed by atoms with Crippen LogP contribution in [0.25, 0.3) is 16.3 Å². The summed E-state index contributed by atoms with van der Waals surface area (Å²) in [6.07, 6.45) is 2.91. The number of hydrogen-bond donors (Lipinski definition) is 1. The SMILES string of the molecule is COc1ccc2nc(C=CC(N)=O)sc2c1. The molecule has 0 aliphatic heterocycles. The van der Waals surface area contributed by atoms with Crippen LogP contribution in [0.1, 0.15) is 5.01 Å². The van der Waals surface area contributed by atoms with E-state index in [9.17, 15) is 4.79 Å². The number of rotatable bonds is 3. The molecule has 0 atom stereocenters. The second-order valence-electron chi connectivity index (χ2n) is 3.12. The van der Waals surface area contributed by atoms with Crippen LogP contribution in [0.3, 0.4) is 0 Å². The van der Waals surface area contributed by atoms with Crippen LogP contribution in [0, 0.1) is 0 Å². The summed E-state index contributed by atoms with van der Waals surface area (Å²) in [6.45, 7) is 0. The fourth-order valence-electron chi connectivity index (χ4n) is 1.27. The molecular formula is C11H10N2O2S. The highest BCUT2D eigenvalue weighted by Gasteiger charge is 2.02. The number of carbonyl (C=O) groups is 1.